The highest BCUT2D eigenvalue weighted by Gasteiger charge is 2.10. The predicted octanol–water partition coefficient (Wildman–Crippen LogP) is 1.71. The van der Waals surface area contributed by atoms with Crippen LogP contribution in [0.25, 0.3) is 11.5 Å². The molecule has 0 aromatic carbocycles. The molecule has 0 bridgehead atoms. The summed E-state index contributed by atoms with van der Waals surface area (Å²) in [6.45, 7) is 0.398. The molecule has 0 saturated carbocycles. The van der Waals surface area contributed by atoms with Crippen molar-refractivity contribution in [2.24, 2.45) is 0 Å². The lowest BCUT2D eigenvalue weighted by Gasteiger charge is -1.92. The largest absolute Gasteiger partial charge is 0.337 e. The van der Waals surface area contributed by atoms with Crippen LogP contribution in [0.3, 0.4) is 0 Å². The molecule has 3 aromatic rings. The predicted molar refractivity (Wildman–Crippen MR) is 74.2 cm³/mol. The quantitative estimate of drug-likeness (QED) is 0.660. The molecule has 0 saturated heterocycles. The fourth-order valence-corrected chi connectivity index (χ4v) is 2.09. The Morgan fingerprint density at radius 2 is 2.25 bits per heavy atom. The Kier molecular flexibility index (Phi) is 3.82. The first-order chi connectivity index (χ1) is 9.85. The lowest BCUT2D eigenvalue weighted by Crippen LogP contribution is -2.00. The molecule has 7 nitrogen and oxygen atoms in total. The van der Waals surface area contributed by atoms with E-state index in [0.717, 1.165) is 17.4 Å². The lowest BCUT2D eigenvalue weighted by molar-refractivity contribution is 0.364. The van der Waals surface area contributed by atoms with E-state index in [1.165, 1.54) is 0 Å². The van der Waals surface area contributed by atoms with Gasteiger partial charge >= 0.3 is 0 Å². The van der Waals surface area contributed by atoms with Gasteiger partial charge in [-0.05, 0) is 12.1 Å². The third-order valence-electron chi connectivity index (χ3n) is 2.60. The zero-order valence-corrected chi connectivity index (χ0v) is 12.1. The Morgan fingerprint density at radius 1 is 1.30 bits per heavy atom. The molecule has 0 fully saturated rings. The van der Waals surface area contributed by atoms with E-state index in [1.54, 1.807) is 10.9 Å². The summed E-state index contributed by atoms with van der Waals surface area (Å²) in [6.07, 6.45) is 4.39. The fraction of sp³-hybridized carbons (Fsp3) is 0.250. The fourth-order valence-electron chi connectivity index (χ4n) is 1.68. The molecule has 0 radical (unpaired) electrons. The third kappa shape index (κ3) is 2.90. The smallest absolute Gasteiger partial charge is 0.248 e. The van der Waals surface area contributed by atoms with Crippen molar-refractivity contribution >= 4 is 15.9 Å². The van der Waals surface area contributed by atoms with Gasteiger partial charge in [0.1, 0.15) is 12.2 Å². The minimum Gasteiger partial charge on any atom is -0.337 e. The van der Waals surface area contributed by atoms with Crippen LogP contribution in [0.4, 0.5) is 0 Å². The van der Waals surface area contributed by atoms with Crippen LogP contribution in [0.1, 0.15) is 11.6 Å². The first kappa shape index (κ1) is 12.9. The van der Waals surface area contributed by atoms with Gasteiger partial charge in [0.2, 0.25) is 11.7 Å². The number of nitrogens with zero attached hydrogens (tertiary/aromatic N) is 6. The zero-order chi connectivity index (χ0) is 13.8. The molecular weight excluding hydrogens is 324 g/mol. The molecule has 20 heavy (non-hydrogen) atoms. The highest BCUT2D eigenvalue weighted by Crippen LogP contribution is 2.12. The molecule has 0 N–H and O–H groups in total. The van der Waals surface area contributed by atoms with Crippen LogP contribution < -0.4 is 0 Å². The summed E-state index contributed by atoms with van der Waals surface area (Å²) in [7, 11) is 0. The van der Waals surface area contributed by atoms with Crippen molar-refractivity contribution in [3.8, 4) is 11.5 Å². The first-order valence-corrected chi connectivity index (χ1v) is 7.16. The van der Waals surface area contributed by atoms with E-state index in [-0.39, 0.29) is 0 Å². The molecule has 0 amide bonds. The molecule has 102 valence electrons. The number of aryl methyl sites for hydroxylation is 1. The van der Waals surface area contributed by atoms with Gasteiger partial charge in [0.25, 0.3) is 0 Å². The number of hydrogen-bond donors (Lipinski definition) is 0. The maximum atomic E-state index is 5.19. The van der Waals surface area contributed by atoms with Gasteiger partial charge in [-0.15, -0.1) is 5.10 Å². The molecular formula is C12H11BrN6O. The van der Waals surface area contributed by atoms with Crippen LogP contribution in [0.15, 0.2) is 35.1 Å². The van der Waals surface area contributed by atoms with Crippen molar-refractivity contribution < 1.29 is 4.52 Å². The summed E-state index contributed by atoms with van der Waals surface area (Å²) < 4.78 is 6.87. The summed E-state index contributed by atoms with van der Waals surface area (Å²) in [5, 5.41) is 12.8. The van der Waals surface area contributed by atoms with Gasteiger partial charge < -0.3 is 4.52 Å². The minimum atomic E-state index is 0.398. The Bertz CT molecular complexity index is 680. The average molecular weight is 335 g/mol. The van der Waals surface area contributed by atoms with Gasteiger partial charge in [0, 0.05) is 24.1 Å². The maximum absolute atomic E-state index is 5.19. The molecule has 8 heteroatoms. The standard InChI is InChI=1S/C12H11BrN6O/c13-5-4-9-7-19(18-16-9)8-11-15-12(17-20-11)10-3-1-2-6-14-10/h1-3,6-7H,4-5,8H2. The normalized spacial score (nSPS) is 10.8. The van der Waals surface area contributed by atoms with E-state index in [9.17, 15) is 0 Å². The lowest BCUT2D eigenvalue weighted by atomic mass is 10.3. The molecule has 3 rings (SSSR count). The van der Waals surface area contributed by atoms with Crippen molar-refractivity contribution in [2.75, 3.05) is 5.33 Å². The SMILES string of the molecule is BrCCc1cn(Cc2nc(-c3ccccn3)no2)nn1. The van der Waals surface area contributed by atoms with E-state index in [4.69, 9.17) is 4.52 Å². The maximum Gasteiger partial charge on any atom is 0.248 e. The van der Waals surface area contributed by atoms with Crippen molar-refractivity contribution in [1.29, 1.82) is 0 Å². The second-order valence-electron chi connectivity index (χ2n) is 4.07. The van der Waals surface area contributed by atoms with Gasteiger partial charge in [-0.25, -0.2) is 4.68 Å². The van der Waals surface area contributed by atoms with E-state index in [1.807, 2.05) is 24.4 Å². The van der Waals surface area contributed by atoms with Crippen LogP contribution in [0, 0.1) is 0 Å². The summed E-state index contributed by atoms with van der Waals surface area (Å²) in [5.74, 6) is 0.947. The number of hydrogen-bond acceptors (Lipinski definition) is 6. The summed E-state index contributed by atoms with van der Waals surface area (Å²) in [4.78, 5) is 8.47. The van der Waals surface area contributed by atoms with Gasteiger partial charge in [-0.1, -0.05) is 32.4 Å². The third-order valence-corrected chi connectivity index (χ3v) is 2.99. The van der Waals surface area contributed by atoms with Crippen LogP contribution in [0.5, 0.6) is 0 Å². The van der Waals surface area contributed by atoms with E-state index in [0.29, 0.717) is 24.0 Å². The number of rotatable bonds is 5. The molecule has 0 atom stereocenters. The molecule has 0 spiro atoms. The van der Waals surface area contributed by atoms with Gasteiger partial charge in [0.15, 0.2) is 0 Å². The summed E-state index contributed by atoms with van der Waals surface area (Å²) >= 11 is 3.37. The van der Waals surface area contributed by atoms with E-state index < -0.39 is 0 Å². The first-order valence-electron chi connectivity index (χ1n) is 6.04. The molecule has 0 aliphatic heterocycles. The van der Waals surface area contributed by atoms with Crippen molar-refractivity contribution in [1.82, 2.24) is 30.1 Å². The van der Waals surface area contributed by atoms with Crippen LogP contribution in [0.2, 0.25) is 0 Å². The van der Waals surface area contributed by atoms with Crippen molar-refractivity contribution in [3.05, 3.63) is 42.2 Å². The zero-order valence-electron chi connectivity index (χ0n) is 10.5. The Labute approximate surface area is 123 Å². The Balaban J connectivity index is 1.73. The van der Waals surface area contributed by atoms with Crippen LogP contribution >= 0.6 is 15.9 Å². The van der Waals surface area contributed by atoms with Crippen molar-refractivity contribution in [2.45, 2.75) is 13.0 Å². The highest BCUT2D eigenvalue weighted by molar-refractivity contribution is 9.09. The summed E-state index contributed by atoms with van der Waals surface area (Å²) in [6, 6.07) is 5.55. The van der Waals surface area contributed by atoms with Gasteiger partial charge in [-0.2, -0.15) is 4.98 Å². The molecule has 0 unspecified atom stereocenters. The topological polar surface area (TPSA) is 82.5 Å². The van der Waals surface area contributed by atoms with Gasteiger partial charge in [0.05, 0.1) is 5.69 Å². The number of aromatic nitrogens is 6. The van der Waals surface area contributed by atoms with Crippen LogP contribution in [-0.4, -0.2) is 35.4 Å². The number of alkyl halides is 1. The minimum absolute atomic E-state index is 0.398. The van der Waals surface area contributed by atoms with E-state index in [2.05, 4.69) is 41.4 Å². The Hall–Kier alpha value is -2.09. The van der Waals surface area contributed by atoms with Crippen LogP contribution in [-0.2, 0) is 13.0 Å². The second kappa shape index (κ2) is 5.91. The van der Waals surface area contributed by atoms with Gasteiger partial charge in [-0.3, -0.25) is 4.98 Å². The summed E-state index contributed by atoms with van der Waals surface area (Å²) in [5.41, 5.74) is 1.60. The second-order valence-corrected chi connectivity index (χ2v) is 4.87. The number of pyridine rings is 1. The van der Waals surface area contributed by atoms with E-state index >= 15 is 0 Å². The van der Waals surface area contributed by atoms with Crippen molar-refractivity contribution in [3.63, 3.8) is 0 Å². The highest BCUT2D eigenvalue weighted by atomic mass is 79.9. The Morgan fingerprint density at radius 3 is 3.05 bits per heavy atom. The molecule has 0 aliphatic carbocycles. The molecule has 3 heterocycles. The monoisotopic (exact) mass is 334 g/mol. The molecule has 0 aliphatic rings. The average Bonchev–Trinajstić information content (AvgIpc) is 3.11. The number of halogens is 1. The molecule has 3 aromatic heterocycles.